The zero-order chi connectivity index (χ0) is 29.0. The summed E-state index contributed by atoms with van der Waals surface area (Å²) in [5.74, 6) is 2.37. The largest absolute Gasteiger partial charge is 0.480 e. The van der Waals surface area contributed by atoms with Gasteiger partial charge in [-0.3, -0.25) is 14.3 Å². The average molecular weight is 589 g/mol. The number of nitrogens with one attached hydrogen (secondary N) is 1. The van der Waals surface area contributed by atoms with Gasteiger partial charge < -0.3 is 10.1 Å². The fourth-order valence-corrected chi connectivity index (χ4v) is 7.35. The van der Waals surface area contributed by atoms with Crippen molar-refractivity contribution in [2.24, 2.45) is 11.8 Å². The van der Waals surface area contributed by atoms with Crippen molar-refractivity contribution < 1.29 is 13.2 Å². The van der Waals surface area contributed by atoms with Crippen LogP contribution >= 0.6 is 0 Å². The predicted molar refractivity (Wildman–Crippen MR) is 155 cm³/mol. The Labute approximate surface area is 243 Å². The van der Waals surface area contributed by atoms with Crippen LogP contribution in [-0.2, 0) is 16.4 Å². The van der Waals surface area contributed by atoms with E-state index in [1.54, 1.807) is 26.3 Å². The summed E-state index contributed by atoms with van der Waals surface area (Å²) in [5.41, 5.74) is 2.88. The van der Waals surface area contributed by atoms with E-state index in [0.29, 0.717) is 51.9 Å². The van der Waals surface area contributed by atoms with Crippen molar-refractivity contribution in [2.75, 3.05) is 18.2 Å². The predicted octanol–water partition coefficient (Wildman–Crippen LogP) is 3.69. The Balaban J connectivity index is 1.30. The van der Waals surface area contributed by atoms with Crippen LogP contribution in [0.2, 0.25) is 0 Å². The van der Waals surface area contributed by atoms with Crippen molar-refractivity contribution >= 4 is 26.8 Å². The van der Waals surface area contributed by atoms with E-state index in [1.807, 2.05) is 4.57 Å². The number of aromatic nitrogens is 7. The molecule has 4 aromatic rings. The number of fused-ring (bicyclic) bond motifs is 3. The molecule has 0 saturated heterocycles. The number of methoxy groups -OCH3 is 1. The minimum atomic E-state index is -3.34. The first-order valence-electron chi connectivity index (χ1n) is 14.5. The molecular weight excluding hydrogens is 556 g/mol. The maximum absolute atomic E-state index is 14.1. The van der Waals surface area contributed by atoms with Crippen LogP contribution in [0.3, 0.4) is 0 Å². The highest BCUT2D eigenvalue weighted by atomic mass is 32.2. The third-order valence-electron chi connectivity index (χ3n) is 8.86. The molecule has 0 radical (unpaired) electrons. The van der Waals surface area contributed by atoms with Gasteiger partial charge in [0.05, 0.1) is 41.9 Å². The van der Waals surface area contributed by atoms with E-state index in [1.165, 1.54) is 25.0 Å². The molecule has 3 atom stereocenters. The second-order valence-corrected chi connectivity index (χ2v) is 13.7. The SMILES string of the molecule is CCS(=O)(=O)c1ccc(CNc2nc3cnc(-c4c(OC)ncnc4C4CC4)nc3n([C@@H]3C[C@@H]4CCC3C4)c2=O)nc1. The Hall–Kier alpha value is -4.00. The summed E-state index contributed by atoms with van der Waals surface area (Å²) in [6, 6.07) is 3.21. The van der Waals surface area contributed by atoms with Gasteiger partial charge in [-0.15, -0.1) is 0 Å². The van der Waals surface area contributed by atoms with E-state index >= 15 is 0 Å². The van der Waals surface area contributed by atoms with Gasteiger partial charge in [0.2, 0.25) is 5.88 Å². The summed E-state index contributed by atoms with van der Waals surface area (Å²) >= 11 is 0. The summed E-state index contributed by atoms with van der Waals surface area (Å²) < 4.78 is 31.7. The van der Waals surface area contributed by atoms with Gasteiger partial charge in [0.25, 0.3) is 5.56 Å². The molecule has 0 spiro atoms. The molecule has 4 aromatic heterocycles. The van der Waals surface area contributed by atoms with E-state index in [2.05, 4.69) is 30.2 Å². The van der Waals surface area contributed by atoms with Crippen LogP contribution in [0.4, 0.5) is 5.82 Å². The second kappa shape index (κ2) is 10.4. The van der Waals surface area contributed by atoms with E-state index in [4.69, 9.17) is 9.72 Å². The highest BCUT2D eigenvalue weighted by Crippen LogP contribution is 2.51. The summed E-state index contributed by atoms with van der Waals surface area (Å²) in [6.45, 7) is 1.80. The number of pyridine rings is 1. The van der Waals surface area contributed by atoms with Crippen LogP contribution in [0, 0.1) is 11.8 Å². The van der Waals surface area contributed by atoms with Crippen LogP contribution in [0.25, 0.3) is 22.6 Å². The first kappa shape index (κ1) is 26.9. The maximum Gasteiger partial charge on any atom is 0.295 e. The smallest absolute Gasteiger partial charge is 0.295 e. The quantitative estimate of drug-likeness (QED) is 0.304. The van der Waals surface area contributed by atoms with E-state index < -0.39 is 9.84 Å². The third kappa shape index (κ3) is 4.69. The number of nitrogens with zero attached hydrogens (tertiary/aromatic N) is 7. The lowest BCUT2D eigenvalue weighted by Gasteiger charge is -2.25. The van der Waals surface area contributed by atoms with Gasteiger partial charge in [-0.25, -0.2) is 33.3 Å². The average Bonchev–Trinajstić information content (AvgIpc) is 3.65. The molecule has 0 amide bonds. The molecule has 1 N–H and O–H groups in total. The second-order valence-electron chi connectivity index (χ2n) is 11.4. The Kier molecular flexibility index (Phi) is 6.63. The molecule has 42 heavy (non-hydrogen) atoms. The first-order chi connectivity index (χ1) is 20.4. The number of sulfone groups is 1. The Morgan fingerprint density at radius 1 is 1.02 bits per heavy atom. The number of hydrogen-bond donors (Lipinski definition) is 1. The summed E-state index contributed by atoms with van der Waals surface area (Å²) in [5, 5.41) is 3.15. The molecule has 13 heteroatoms. The van der Waals surface area contributed by atoms with Crippen molar-refractivity contribution in [3.63, 3.8) is 0 Å². The fraction of sp³-hybridized carbons (Fsp3) is 0.483. The van der Waals surface area contributed by atoms with Crippen molar-refractivity contribution in [3.8, 4) is 17.3 Å². The molecule has 7 rings (SSSR count). The standard InChI is InChI=1S/C29H32N8O4S/c1-3-42(39,40)20-9-8-19(30-13-20)12-31-26-29(38)37(22-11-16-4-5-18(22)10-16)27-21(35-26)14-32-25(36-27)23-24(17-6-7-17)33-15-34-28(23)41-2/h8-9,13-18,22H,3-7,10-12H2,1-2H3,(H,31,35)/t16-,18?,22-/m1/s1. The summed E-state index contributed by atoms with van der Waals surface area (Å²) in [7, 11) is -1.77. The molecule has 218 valence electrons. The van der Waals surface area contributed by atoms with Crippen LogP contribution < -0.4 is 15.6 Å². The highest BCUT2D eigenvalue weighted by Gasteiger charge is 2.42. The van der Waals surface area contributed by atoms with E-state index in [9.17, 15) is 13.2 Å². The Morgan fingerprint density at radius 2 is 1.88 bits per heavy atom. The third-order valence-corrected chi connectivity index (χ3v) is 10.6. The molecule has 0 aromatic carbocycles. The Morgan fingerprint density at radius 3 is 2.55 bits per heavy atom. The normalized spacial score (nSPS) is 21.6. The molecule has 0 aliphatic heterocycles. The summed E-state index contributed by atoms with van der Waals surface area (Å²) in [4.78, 5) is 41.7. The lowest BCUT2D eigenvalue weighted by atomic mass is 9.95. The number of hydrogen-bond acceptors (Lipinski definition) is 11. The minimum Gasteiger partial charge on any atom is -0.480 e. The lowest BCUT2D eigenvalue weighted by Crippen LogP contribution is -2.32. The van der Waals surface area contributed by atoms with Gasteiger partial charge in [-0.2, -0.15) is 0 Å². The molecular formula is C29H32N8O4S. The van der Waals surface area contributed by atoms with Crippen molar-refractivity contribution in [3.05, 3.63) is 52.6 Å². The van der Waals surface area contributed by atoms with Crippen LogP contribution in [0.1, 0.15) is 68.8 Å². The molecule has 12 nitrogen and oxygen atoms in total. The van der Waals surface area contributed by atoms with Crippen molar-refractivity contribution in [2.45, 2.75) is 68.8 Å². The lowest BCUT2D eigenvalue weighted by molar-refractivity contribution is 0.329. The molecule has 2 bridgehead atoms. The van der Waals surface area contributed by atoms with Gasteiger partial charge in [0, 0.05) is 18.2 Å². The van der Waals surface area contributed by atoms with Gasteiger partial charge >= 0.3 is 0 Å². The molecule has 3 aliphatic carbocycles. The molecule has 4 heterocycles. The van der Waals surface area contributed by atoms with Gasteiger partial charge in [-0.05, 0) is 56.1 Å². The number of ether oxygens (including phenoxy) is 1. The first-order valence-corrected chi connectivity index (χ1v) is 16.1. The molecule has 3 aliphatic rings. The van der Waals surface area contributed by atoms with Crippen molar-refractivity contribution in [1.82, 2.24) is 34.5 Å². The van der Waals surface area contributed by atoms with Gasteiger partial charge in [0.1, 0.15) is 17.4 Å². The maximum atomic E-state index is 14.1. The zero-order valence-corrected chi connectivity index (χ0v) is 24.3. The topological polar surface area (TPSA) is 155 Å². The number of anilines is 1. The van der Waals surface area contributed by atoms with E-state index in [-0.39, 0.29) is 34.6 Å². The fourth-order valence-electron chi connectivity index (χ4n) is 6.53. The minimum absolute atomic E-state index is 0.00556. The number of rotatable bonds is 9. The monoisotopic (exact) mass is 588 g/mol. The molecule has 3 fully saturated rings. The van der Waals surface area contributed by atoms with Crippen LogP contribution in [0.5, 0.6) is 5.88 Å². The highest BCUT2D eigenvalue weighted by molar-refractivity contribution is 7.91. The molecule has 3 saturated carbocycles. The Bertz CT molecular complexity index is 1840. The van der Waals surface area contributed by atoms with Crippen LogP contribution in [0.15, 0.2) is 40.5 Å². The van der Waals surface area contributed by atoms with Crippen molar-refractivity contribution in [1.29, 1.82) is 0 Å². The van der Waals surface area contributed by atoms with Gasteiger partial charge in [-0.1, -0.05) is 13.3 Å². The molecule has 1 unspecified atom stereocenters. The van der Waals surface area contributed by atoms with E-state index in [0.717, 1.165) is 37.8 Å². The van der Waals surface area contributed by atoms with Gasteiger partial charge in [0.15, 0.2) is 27.1 Å². The zero-order valence-electron chi connectivity index (χ0n) is 23.5. The van der Waals surface area contributed by atoms with Crippen LogP contribution in [-0.4, -0.2) is 55.8 Å². The summed E-state index contributed by atoms with van der Waals surface area (Å²) in [6.07, 6.45) is 10.9.